The number of halogens is 1. The molecule has 0 aliphatic heterocycles. The monoisotopic (exact) mass is 268 g/mol. The summed E-state index contributed by atoms with van der Waals surface area (Å²) in [7, 11) is 0. The van der Waals surface area contributed by atoms with Crippen molar-refractivity contribution in [3.05, 3.63) is 38.4 Å². The predicted octanol–water partition coefficient (Wildman–Crippen LogP) is 2.23. The number of nitriles is 1. The molecular weight excluding hydrogens is 260 g/mol. The van der Waals surface area contributed by atoms with Crippen LogP contribution in [0.4, 0.5) is 5.69 Å². The molecule has 0 bridgehead atoms. The van der Waals surface area contributed by atoms with E-state index in [1.54, 1.807) is 13.0 Å². The highest BCUT2D eigenvalue weighted by Gasteiger charge is 2.18. The summed E-state index contributed by atoms with van der Waals surface area (Å²) >= 11 is 5.71. The third kappa shape index (κ3) is 3.18. The molecule has 1 rings (SSSR count). The minimum absolute atomic E-state index is 0.0409. The highest BCUT2D eigenvalue weighted by Crippen LogP contribution is 2.28. The molecule has 0 atom stereocenters. The molecule has 1 aromatic carbocycles. The minimum Gasteiger partial charge on any atom is -0.466 e. The van der Waals surface area contributed by atoms with E-state index in [1.165, 1.54) is 6.07 Å². The van der Waals surface area contributed by atoms with E-state index in [2.05, 4.69) is 0 Å². The lowest BCUT2D eigenvalue weighted by Gasteiger charge is -2.05. The van der Waals surface area contributed by atoms with E-state index in [0.29, 0.717) is 5.56 Å². The molecule has 0 aromatic heterocycles. The lowest BCUT2D eigenvalue weighted by Crippen LogP contribution is -2.09. The second-order valence-electron chi connectivity index (χ2n) is 3.31. The molecular formula is C11H9ClN2O4. The number of rotatable bonds is 4. The van der Waals surface area contributed by atoms with Crippen LogP contribution in [0.2, 0.25) is 5.02 Å². The van der Waals surface area contributed by atoms with E-state index in [1.807, 2.05) is 0 Å². The molecule has 0 spiro atoms. The summed E-state index contributed by atoms with van der Waals surface area (Å²) < 4.78 is 4.74. The molecule has 1 aromatic rings. The van der Waals surface area contributed by atoms with Crippen molar-refractivity contribution in [1.82, 2.24) is 0 Å². The first-order valence-corrected chi connectivity index (χ1v) is 5.40. The first-order chi connectivity index (χ1) is 8.49. The molecule has 0 saturated carbocycles. The molecule has 0 heterocycles. The molecule has 6 nitrogen and oxygen atoms in total. The third-order valence-corrected chi connectivity index (χ3v) is 2.43. The standard InChI is InChI=1S/C11H9ClN2O4/c1-2-18-11(15)5-7-3-9(12)10(14(16)17)4-8(7)6-13/h3-4H,2,5H2,1H3. The molecule has 0 aliphatic rings. The SMILES string of the molecule is CCOC(=O)Cc1cc(Cl)c([N+](=O)[O-])cc1C#N. The fourth-order valence-corrected chi connectivity index (χ4v) is 1.62. The van der Waals surface area contributed by atoms with Crippen LogP contribution in [0.3, 0.4) is 0 Å². The van der Waals surface area contributed by atoms with Gasteiger partial charge in [0.25, 0.3) is 5.69 Å². The van der Waals surface area contributed by atoms with Gasteiger partial charge < -0.3 is 4.74 Å². The van der Waals surface area contributed by atoms with Gasteiger partial charge in [-0.05, 0) is 18.6 Å². The second-order valence-corrected chi connectivity index (χ2v) is 3.72. The van der Waals surface area contributed by atoms with Gasteiger partial charge in [0.2, 0.25) is 0 Å². The second kappa shape index (κ2) is 5.98. The average molecular weight is 269 g/mol. The van der Waals surface area contributed by atoms with Gasteiger partial charge in [-0.1, -0.05) is 11.6 Å². The van der Waals surface area contributed by atoms with Crippen molar-refractivity contribution >= 4 is 23.3 Å². The summed E-state index contributed by atoms with van der Waals surface area (Å²) in [6, 6.07) is 4.09. The summed E-state index contributed by atoms with van der Waals surface area (Å²) in [5, 5.41) is 19.4. The number of benzene rings is 1. The first kappa shape index (κ1) is 13.9. The van der Waals surface area contributed by atoms with Crippen LogP contribution >= 0.6 is 11.6 Å². The number of esters is 1. The Balaban J connectivity index is 3.14. The summed E-state index contributed by atoms with van der Waals surface area (Å²) in [5.41, 5.74) is -0.00784. The van der Waals surface area contributed by atoms with Crippen LogP contribution in [0, 0.1) is 21.4 Å². The normalized spacial score (nSPS) is 9.61. The Hall–Kier alpha value is -2.13. The van der Waals surface area contributed by atoms with Gasteiger partial charge in [0.15, 0.2) is 0 Å². The van der Waals surface area contributed by atoms with Crippen LogP contribution in [-0.4, -0.2) is 17.5 Å². The molecule has 0 aliphatic carbocycles. The van der Waals surface area contributed by atoms with E-state index in [-0.39, 0.29) is 29.3 Å². The molecule has 18 heavy (non-hydrogen) atoms. The Bertz CT molecular complexity index is 537. The number of hydrogen-bond acceptors (Lipinski definition) is 5. The van der Waals surface area contributed by atoms with E-state index in [0.717, 1.165) is 6.07 Å². The van der Waals surface area contributed by atoms with Gasteiger partial charge in [-0.2, -0.15) is 5.26 Å². The number of carbonyl (C=O) groups is 1. The van der Waals surface area contributed by atoms with E-state index < -0.39 is 10.9 Å². The average Bonchev–Trinajstić information content (AvgIpc) is 2.29. The zero-order chi connectivity index (χ0) is 13.7. The van der Waals surface area contributed by atoms with Gasteiger partial charge in [0, 0.05) is 6.07 Å². The number of nitrogens with zero attached hydrogens (tertiary/aromatic N) is 2. The number of carbonyl (C=O) groups excluding carboxylic acids is 1. The van der Waals surface area contributed by atoms with Crippen molar-refractivity contribution in [2.45, 2.75) is 13.3 Å². The smallest absolute Gasteiger partial charge is 0.310 e. The van der Waals surface area contributed by atoms with Gasteiger partial charge >= 0.3 is 5.97 Å². The fraction of sp³-hybridized carbons (Fsp3) is 0.273. The molecule has 0 saturated heterocycles. The zero-order valence-corrected chi connectivity index (χ0v) is 10.2. The van der Waals surface area contributed by atoms with Crippen LogP contribution in [0.1, 0.15) is 18.1 Å². The molecule has 7 heteroatoms. The largest absolute Gasteiger partial charge is 0.466 e. The van der Waals surface area contributed by atoms with Crippen LogP contribution in [0.5, 0.6) is 0 Å². The number of hydrogen-bond donors (Lipinski definition) is 0. The predicted molar refractivity (Wildman–Crippen MR) is 63.2 cm³/mol. The third-order valence-electron chi connectivity index (χ3n) is 2.13. The summed E-state index contributed by atoms with van der Waals surface area (Å²) in [4.78, 5) is 21.3. The van der Waals surface area contributed by atoms with Crippen molar-refractivity contribution in [3.63, 3.8) is 0 Å². The zero-order valence-electron chi connectivity index (χ0n) is 9.47. The van der Waals surface area contributed by atoms with E-state index in [9.17, 15) is 14.9 Å². The van der Waals surface area contributed by atoms with E-state index in [4.69, 9.17) is 21.6 Å². The van der Waals surface area contributed by atoms with Gasteiger partial charge in [-0.15, -0.1) is 0 Å². The number of ether oxygens (including phenoxy) is 1. The van der Waals surface area contributed by atoms with Crippen molar-refractivity contribution in [2.24, 2.45) is 0 Å². The highest BCUT2D eigenvalue weighted by atomic mass is 35.5. The summed E-state index contributed by atoms with van der Waals surface area (Å²) in [6.07, 6.45) is -0.144. The van der Waals surface area contributed by atoms with Crippen LogP contribution in [0.15, 0.2) is 12.1 Å². The van der Waals surface area contributed by atoms with Gasteiger partial charge in [-0.3, -0.25) is 14.9 Å². The lowest BCUT2D eigenvalue weighted by molar-refractivity contribution is -0.384. The molecule has 94 valence electrons. The maximum atomic E-state index is 11.3. The lowest BCUT2D eigenvalue weighted by atomic mass is 10.0. The van der Waals surface area contributed by atoms with Crippen molar-refractivity contribution in [1.29, 1.82) is 5.26 Å². The summed E-state index contributed by atoms with van der Waals surface area (Å²) in [5.74, 6) is -0.515. The van der Waals surface area contributed by atoms with Crippen molar-refractivity contribution in [2.75, 3.05) is 6.61 Å². The van der Waals surface area contributed by atoms with Crippen LogP contribution in [0.25, 0.3) is 0 Å². The Morgan fingerprint density at radius 2 is 2.28 bits per heavy atom. The Kier molecular flexibility index (Phi) is 4.63. The molecule has 0 fully saturated rings. The van der Waals surface area contributed by atoms with Gasteiger partial charge in [0.05, 0.1) is 29.6 Å². The molecule has 0 unspecified atom stereocenters. The van der Waals surface area contributed by atoms with Gasteiger partial charge in [-0.25, -0.2) is 0 Å². The fourth-order valence-electron chi connectivity index (χ4n) is 1.36. The van der Waals surface area contributed by atoms with Crippen LogP contribution < -0.4 is 0 Å². The highest BCUT2D eigenvalue weighted by molar-refractivity contribution is 6.32. The Labute approximate surface area is 108 Å². The first-order valence-electron chi connectivity index (χ1n) is 5.02. The Morgan fingerprint density at radius 1 is 1.61 bits per heavy atom. The van der Waals surface area contributed by atoms with Crippen LogP contribution in [-0.2, 0) is 16.0 Å². The van der Waals surface area contributed by atoms with E-state index >= 15 is 0 Å². The van der Waals surface area contributed by atoms with Crippen molar-refractivity contribution in [3.8, 4) is 6.07 Å². The Morgan fingerprint density at radius 3 is 2.78 bits per heavy atom. The molecule has 0 N–H and O–H groups in total. The summed E-state index contributed by atoms with van der Waals surface area (Å²) in [6.45, 7) is 1.88. The quantitative estimate of drug-likeness (QED) is 0.474. The maximum Gasteiger partial charge on any atom is 0.310 e. The molecule has 0 radical (unpaired) electrons. The maximum absolute atomic E-state index is 11.3. The number of nitro benzene ring substituents is 1. The van der Waals surface area contributed by atoms with Crippen molar-refractivity contribution < 1.29 is 14.5 Å². The topological polar surface area (TPSA) is 93.2 Å². The molecule has 0 amide bonds. The number of nitro groups is 1. The minimum atomic E-state index is -0.683. The van der Waals surface area contributed by atoms with Gasteiger partial charge in [0.1, 0.15) is 5.02 Å².